The Bertz CT molecular complexity index is 477. The summed E-state index contributed by atoms with van der Waals surface area (Å²) in [5.41, 5.74) is 7.26. The maximum Gasteiger partial charge on any atom is 0.288 e. The molecule has 15 heavy (non-hydrogen) atoms. The van der Waals surface area contributed by atoms with Gasteiger partial charge in [0.2, 0.25) is 0 Å². The monoisotopic (exact) mass is 203 g/mol. The summed E-state index contributed by atoms with van der Waals surface area (Å²) >= 11 is 0. The van der Waals surface area contributed by atoms with E-state index < -0.39 is 6.17 Å². The van der Waals surface area contributed by atoms with Crippen LogP contribution in [0.4, 0.5) is 5.69 Å². The number of ketones is 1. The van der Waals surface area contributed by atoms with Gasteiger partial charge in [0.25, 0.3) is 11.9 Å². The van der Waals surface area contributed by atoms with Crippen LogP contribution in [0.15, 0.2) is 29.8 Å². The van der Waals surface area contributed by atoms with Gasteiger partial charge in [-0.3, -0.25) is 10.5 Å². The number of nitrogens with zero attached hydrogens (tertiary/aromatic N) is 1. The van der Waals surface area contributed by atoms with E-state index in [0.717, 1.165) is 5.56 Å². The van der Waals surface area contributed by atoms with Gasteiger partial charge < -0.3 is 0 Å². The quantitative estimate of drug-likeness (QED) is 0.701. The highest BCUT2D eigenvalue weighted by Gasteiger charge is 2.35. The molecule has 1 unspecified atom stereocenters. The first-order chi connectivity index (χ1) is 7.11. The highest BCUT2D eigenvalue weighted by atomic mass is 16.3. The molecule has 1 heterocycles. The Kier molecular flexibility index (Phi) is 2.21. The van der Waals surface area contributed by atoms with Crippen LogP contribution in [0.3, 0.4) is 0 Å². The average Bonchev–Trinajstić information content (AvgIpc) is 2.23. The van der Waals surface area contributed by atoms with Crippen molar-refractivity contribution in [1.29, 1.82) is 0 Å². The second kappa shape index (κ2) is 3.40. The van der Waals surface area contributed by atoms with Gasteiger partial charge in [-0.05, 0) is 19.1 Å². The fourth-order valence-corrected chi connectivity index (χ4v) is 1.65. The smallest absolute Gasteiger partial charge is 0.288 e. The van der Waals surface area contributed by atoms with Gasteiger partial charge in [-0.15, -0.1) is 0 Å². The van der Waals surface area contributed by atoms with E-state index in [4.69, 9.17) is 5.73 Å². The van der Waals surface area contributed by atoms with Crippen LogP contribution < -0.4 is 5.73 Å². The third-order valence-corrected chi connectivity index (χ3v) is 2.46. The fourth-order valence-electron chi connectivity index (χ4n) is 1.65. The van der Waals surface area contributed by atoms with Crippen LogP contribution in [0.2, 0.25) is 0 Å². The fraction of sp³-hybridized carbons (Fsp3) is 0.182. The highest BCUT2D eigenvalue weighted by molar-refractivity contribution is 5.99. The maximum absolute atomic E-state index is 11.7. The summed E-state index contributed by atoms with van der Waals surface area (Å²) in [4.78, 5) is 23.0. The molecule has 0 saturated heterocycles. The number of para-hydroxylation sites is 1. The van der Waals surface area contributed by atoms with Gasteiger partial charge in [-0.2, -0.15) is 0 Å². The molecule has 0 aromatic heterocycles. The molecule has 0 saturated carbocycles. The molecule has 1 aliphatic heterocycles. The molecule has 2 N–H and O–H groups in total. The second-order valence-electron chi connectivity index (χ2n) is 3.49. The van der Waals surface area contributed by atoms with Crippen LogP contribution in [0.25, 0.3) is 6.08 Å². The standard InChI is InChI=1S/C11H11N2O2/c1-7(14)9-6-8-4-2-3-5-10(8)13(15)11(9)12/h2-6,11H,12H2,1H3/q+1. The van der Waals surface area contributed by atoms with Crippen molar-refractivity contribution >= 4 is 17.5 Å². The molecule has 1 aliphatic rings. The van der Waals surface area contributed by atoms with E-state index in [2.05, 4.69) is 0 Å². The van der Waals surface area contributed by atoms with E-state index in [1.165, 1.54) is 6.92 Å². The zero-order chi connectivity index (χ0) is 11.0. The Labute approximate surface area is 87.0 Å². The van der Waals surface area contributed by atoms with Crippen molar-refractivity contribution in [3.8, 4) is 0 Å². The van der Waals surface area contributed by atoms with Gasteiger partial charge in [-0.1, -0.05) is 12.1 Å². The minimum Gasteiger partial charge on any atom is -0.295 e. The number of nitrogens with two attached hydrogens (primary N) is 1. The second-order valence-corrected chi connectivity index (χ2v) is 3.49. The molecule has 0 fully saturated rings. The minimum absolute atomic E-state index is 0.169. The van der Waals surface area contributed by atoms with Crippen LogP contribution in [0.1, 0.15) is 12.5 Å². The van der Waals surface area contributed by atoms with Crippen LogP contribution in [0, 0.1) is 4.91 Å². The van der Waals surface area contributed by atoms with E-state index in [1.807, 2.05) is 6.07 Å². The summed E-state index contributed by atoms with van der Waals surface area (Å²) in [5, 5.41) is 0. The number of benzene rings is 1. The van der Waals surface area contributed by atoms with Gasteiger partial charge in [0.1, 0.15) is 0 Å². The van der Waals surface area contributed by atoms with Gasteiger partial charge in [0.15, 0.2) is 5.78 Å². The Morgan fingerprint density at radius 2 is 2.07 bits per heavy atom. The third-order valence-electron chi connectivity index (χ3n) is 2.46. The number of fused-ring (bicyclic) bond motifs is 1. The lowest BCUT2D eigenvalue weighted by atomic mass is 10.00. The molecule has 1 atom stereocenters. The molecule has 1 aromatic carbocycles. The largest absolute Gasteiger partial charge is 0.295 e. The first-order valence-electron chi connectivity index (χ1n) is 4.65. The van der Waals surface area contributed by atoms with E-state index in [9.17, 15) is 9.70 Å². The molecule has 4 heteroatoms. The van der Waals surface area contributed by atoms with Crippen molar-refractivity contribution in [3.63, 3.8) is 0 Å². The minimum atomic E-state index is -0.891. The van der Waals surface area contributed by atoms with E-state index >= 15 is 0 Å². The zero-order valence-electron chi connectivity index (χ0n) is 8.31. The van der Waals surface area contributed by atoms with Gasteiger partial charge >= 0.3 is 0 Å². The van der Waals surface area contributed by atoms with Crippen molar-refractivity contribution in [1.82, 2.24) is 0 Å². The van der Waals surface area contributed by atoms with Crippen LogP contribution in [-0.4, -0.2) is 16.7 Å². The van der Waals surface area contributed by atoms with Crippen molar-refractivity contribution in [3.05, 3.63) is 40.3 Å². The Hall–Kier alpha value is -1.81. The van der Waals surface area contributed by atoms with Crippen LogP contribution in [-0.2, 0) is 4.79 Å². The molecule has 0 amide bonds. The van der Waals surface area contributed by atoms with Crippen molar-refractivity contribution in [2.75, 3.05) is 0 Å². The third kappa shape index (κ3) is 1.49. The molecular formula is C11H11N2O2+. The van der Waals surface area contributed by atoms with Crippen LogP contribution >= 0.6 is 0 Å². The number of nitroso groups, excluding NO2 is 1. The number of carbonyl (C=O) groups excluding carboxylic acids is 1. The molecule has 76 valence electrons. The average molecular weight is 203 g/mol. The first-order valence-corrected chi connectivity index (χ1v) is 4.65. The van der Waals surface area contributed by atoms with Gasteiger partial charge in [0.05, 0.1) is 15.9 Å². The van der Waals surface area contributed by atoms with Crippen molar-refractivity contribution in [2.45, 2.75) is 13.1 Å². The summed E-state index contributed by atoms with van der Waals surface area (Å²) in [6.45, 7) is 1.41. The summed E-state index contributed by atoms with van der Waals surface area (Å²) in [5.74, 6) is -0.169. The lowest BCUT2D eigenvalue weighted by molar-refractivity contribution is -0.495. The molecule has 0 radical (unpaired) electrons. The lowest BCUT2D eigenvalue weighted by Gasteiger charge is -2.12. The van der Waals surface area contributed by atoms with Crippen molar-refractivity contribution < 1.29 is 9.55 Å². The SMILES string of the molecule is CC(=O)C1=Cc2ccccc2[N+](=O)C1N. The molecule has 0 aliphatic carbocycles. The molecule has 4 nitrogen and oxygen atoms in total. The Morgan fingerprint density at radius 1 is 1.40 bits per heavy atom. The lowest BCUT2D eigenvalue weighted by Crippen LogP contribution is -2.36. The van der Waals surface area contributed by atoms with Crippen LogP contribution in [0.5, 0.6) is 0 Å². The molecule has 0 bridgehead atoms. The summed E-state index contributed by atoms with van der Waals surface area (Å²) in [6.07, 6.45) is 0.786. The predicted octanol–water partition coefficient (Wildman–Crippen LogP) is 1.37. The predicted molar refractivity (Wildman–Crippen MR) is 56.4 cm³/mol. The van der Waals surface area contributed by atoms with Crippen molar-refractivity contribution in [2.24, 2.45) is 5.73 Å². The number of carbonyl (C=O) groups is 1. The summed E-state index contributed by atoms with van der Waals surface area (Å²) < 4.78 is 0.673. The molecular weight excluding hydrogens is 192 g/mol. The molecule has 1 aromatic rings. The number of Topliss-reactive ketones (excluding diaryl/α,β-unsaturated/α-hetero) is 1. The molecule has 2 rings (SSSR count). The van der Waals surface area contributed by atoms with Gasteiger partial charge in [-0.25, -0.2) is 0 Å². The number of rotatable bonds is 1. The number of hydrogen-bond acceptors (Lipinski definition) is 3. The maximum atomic E-state index is 11.7. The summed E-state index contributed by atoms with van der Waals surface area (Å²) in [6, 6.07) is 7.06. The molecule has 0 spiro atoms. The zero-order valence-corrected chi connectivity index (χ0v) is 8.31. The van der Waals surface area contributed by atoms with E-state index in [-0.39, 0.29) is 5.78 Å². The van der Waals surface area contributed by atoms with E-state index in [0.29, 0.717) is 16.0 Å². The highest BCUT2D eigenvalue weighted by Crippen LogP contribution is 2.28. The topological polar surface area (TPSA) is 63.2 Å². The Morgan fingerprint density at radius 3 is 2.73 bits per heavy atom. The first kappa shape index (κ1) is 9.73. The Balaban J connectivity index is 2.62. The normalized spacial score (nSPS) is 19.5. The number of hydrogen-bond donors (Lipinski definition) is 1. The van der Waals surface area contributed by atoms with E-state index in [1.54, 1.807) is 24.3 Å². The van der Waals surface area contributed by atoms with Gasteiger partial charge in [0, 0.05) is 11.0 Å². The summed E-state index contributed by atoms with van der Waals surface area (Å²) in [7, 11) is 0.